The third-order valence-electron chi connectivity index (χ3n) is 4.21. The van der Waals surface area contributed by atoms with Gasteiger partial charge in [-0.3, -0.25) is 4.79 Å². The van der Waals surface area contributed by atoms with E-state index in [1.807, 2.05) is 0 Å². The van der Waals surface area contributed by atoms with E-state index in [1.165, 1.54) is 12.1 Å². The van der Waals surface area contributed by atoms with Crippen LogP contribution in [-0.4, -0.2) is 20.9 Å². The Morgan fingerprint density at radius 3 is 2.19 bits per heavy atom. The number of nitrogens with two attached hydrogens (primary N) is 1. The summed E-state index contributed by atoms with van der Waals surface area (Å²) in [5, 5.41) is 0. The summed E-state index contributed by atoms with van der Waals surface area (Å²) in [7, 11) is -3.82. The van der Waals surface area contributed by atoms with E-state index in [4.69, 9.17) is 5.73 Å². The molecule has 0 aromatic heterocycles. The number of hydrogen-bond acceptors (Lipinski definition) is 4. The van der Waals surface area contributed by atoms with Crippen LogP contribution in [-0.2, 0) is 14.8 Å². The van der Waals surface area contributed by atoms with Crippen LogP contribution in [0.2, 0.25) is 0 Å². The summed E-state index contributed by atoms with van der Waals surface area (Å²) in [5.74, 6) is -0.462. The number of carbonyl (C=O) groups is 1. The van der Waals surface area contributed by atoms with Crippen LogP contribution in [0.4, 0.5) is 0 Å². The van der Waals surface area contributed by atoms with Gasteiger partial charge in [0.2, 0.25) is 5.91 Å². The van der Waals surface area contributed by atoms with Gasteiger partial charge in [0.05, 0.1) is 10.3 Å². The van der Waals surface area contributed by atoms with Crippen LogP contribution in [0.3, 0.4) is 0 Å². The molecule has 0 unspecified atom stereocenters. The molecule has 1 aromatic carbocycles. The first-order valence-electron chi connectivity index (χ1n) is 7.33. The molecule has 1 aromatic rings. The van der Waals surface area contributed by atoms with Gasteiger partial charge in [0.15, 0.2) is 0 Å². The third-order valence-corrected chi connectivity index (χ3v) is 5.56. The summed E-state index contributed by atoms with van der Waals surface area (Å²) in [4.78, 5) is 12.6. The zero-order chi connectivity index (χ0) is 15.3. The summed E-state index contributed by atoms with van der Waals surface area (Å²) in [6.45, 7) is 0.184. The summed E-state index contributed by atoms with van der Waals surface area (Å²) < 4.78 is 26.7. The van der Waals surface area contributed by atoms with Gasteiger partial charge < -0.3 is 5.73 Å². The molecular formula is C15H22N2O3S. The second-order valence-corrected chi connectivity index (χ2v) is 7.33. The van der Waals surface area contributed by atoms with Crippen LogP contribution in [0.1, 0.15) is 38.5 Å². The Bertz CT molecular complexity index is 576. The van der Waals surface area contributed by atoms with Crippen LogP contribution in [0, 0.1) is 5.41 Å². The molecule has 0 spiro atoms. The summed E-state index contributed by atoms with van der Waals surface area (Å²) in [6.07, 6.45) is 5.27. The number of benzene rings is 1. The summed E-state index contributed by atoms with van der Waals surface area (Å²) in [6, 6.07) is 7.93. The molecule has 5 nitrogen and oxygen atoms in total. The maximum Gasteiger partial charge on any atom is 0.264 e. The second-order valence-electron chi connectivity index (χ2n) is 5.65. The Morgan fingerprint density at radius 2 is 1.67 bits per heavy atom. The first-order chi connectivity index (χ1) is 10.0. The molecule has 1 aliphatic rings. The number of amides is 1. The van der Waals surface area contributed by atoms with Crippen molar-refractivity contribution in [3.8, 4) is 0 Å². The smallest absolute Gasteiger partial charge is 0.264 e. The standard InChI is InChI=1S/C15H22N2O3S/c16-12-15(10-6-1-2-7-11-15)14(18)17-21(19,20)13-8-4-3-5-9-13/h3-5,8-9H,1-2,6-7,10-12,16H2,(H,17,18). The van der Waals surface area contributed by atoms with E-state index in [2.05, 4.69) is 4.72 Å². The van der Waals surface area contributed by atoms with Gasteiger partial charge in [-0.1, -0.05) is 43.9 Å². The number of nitrogens with one attached hydrogen (secondary N) is 1. The van der Waals surface area contributed by atoms with Crippen molar-refractivity contribution in [2.75, 3.05) is 6.54 Å². The number of hydrogen-bond donors (Lipinski definition) is 2. The first-order valence-corrected chi connectivity index (χ1v) is 8.81. The minimum Gasteiger partial charge on any atom is -0.329 e. The number of rotatable bonds is 4. The fraction of sp³-hybridized carbons (Fsp3) is 0.533. The van der Waals surface area contributed by atoms with Gasteiger partial charge >= 0.3 is 0 Å². The van der Waals surface area contributed by atoms with Crippen molar-refractivity contribution >= 4 is 15.9 Å². The Morgan fingerprint density at radius 1 is 1.10 bits per heavy atom. The molecule has 116 valence electrons. The fourth-order valence-electron chi connectivity index (χ4n) is 2.82. The summed E-state index contributed by atoms with van der Waals surface area (Å²) >= 11 is 0. The molecule has 0 radical (unpaired) electrons. The third kappa shape index (κ3) is 3.63. The van der Waals surface area contributed by atoms with Crippen LogP contribution in [0.15, 0.2) is 35.2 Å². The van der Waals surface area contributed by atoms with Gasteiger partial charge in [-0.15, -0.1) is 0 Å². The largest absolute Gasteiger partial charge is 0.329 e. The highest BCUT2D eigenvalue weighted by molar-refractivity contribution is 7.90. The monoisotopic (exact) mass is 310 g/mol. The fourth-order valence-corrected chi connectivity index (χ4v) is 3.91. The van der Waals surface area contributed by atoms with E-state index in [0.717, 1.165) is 25.7 Å². The van der Waals surface area contributed by atoms with Crippen molar-refractivity contribution in [3.63, 3.8) is 0 Å². The van der Waals surface area contributed by atoms with Gasteiger partial charge in [-0.05, 0) is 25.0 Å². The van der Waals surface area contributed by atoms with Gasteiger partial charge in [0.1, 0.15) is 0 Å². The number of sulfonamides is 1. The predicted molar refractivity (Wildman–Crippen MR) is 81.0 cm³/mol. The zero-order valence-corrected chi connectivity index (χ0v) is 12.9. The van der Waals surface area contributed by atoms with E-state index >= 15 is 0 Å². The maximum absolute atomic E-state index is 12.5. The Kier molecular flexibility index (Phi) is 5.00. The zero-order valence-electron chi connectivity index (χ0n) is 12.0. The highest BCUT2D eigenvalue weighted by atomic mass is 32.2. The van der Waals surface area contributed by atoms with Crippen molar-refractivity contribution in [1.29, 1.82) is 0 Å². The second kappa shape index (κ2) is 6.58. The molecule has 2 rings (SSSR count). The van der Waals surface area contributed by atoms with Crippen LogP contribution >= 0.6 is 0 Å². The molecule has 6 heteroatoms. The summed E-state index contributed by atoms with van der Waals surface area (Å²) in [5.41, 5.74) is 5.06. The van der Waals surface area contributed by atoms with E-state index < -0.39 is 21.3 Å². The molecule has 1 amide bonds. The van der Waals surface area contributed by atoms with Gasteiger partial charge in [0.25, 0.3) is 10.0 Å². The Hall–Kier alpha value is -1.40. The molecule has 0 bridgehead atoms. The van der Waals surface area contributed by atoms with Crippen molar-refractivity contribution in [2.24, 2.45) is 11.1 Å². The highest BCUT2D eigenvalue weighted by Crippen LogP contribution is 2.34. The lowest BCUT2D eigenvalue weighted by atomic mass is 9.80. The molecular weight excluding hydrogens is 288 g/mol. The molecule has 0 aliphatic heterocycles. The lowest BCUT2D eigenvalue weighted by Gasteiger charge is -2.29. The molecule has 0 heterocycles. The van der Waals surface area contributed by atoms with Crippen LogP contribution in [0.5, 0.6) is 0 Å². The highest BCUT2D eigenvalue weighted by Gasteiger charge is 2.39. The molecule has 21 heavy (non-hydrogen) atoms. The van der Waals surface area contributed by atoms with E-state index in [9.17, 15) is 13.2 Å². The van der Waals surface area contributed by atoms with Crippen molar-refractivity contribution < 1.29 is 13.2 Å². The van der Waals surface area contributed by atoms with Crippen molar-refractivity contribution in [1.82, 2.24) is 4.72 Å². The van der Waals surface area contributed by atoms with Crippen molar-refractivity contribution in [2.45, 2.75) is 43.4 Å². The van der Waals surface area contributed by atoms with Crippen LogP contribution in [0.25, 0.3) is 0 Å². The molecule has 0 saturated heterocycles. The lowest BCUT2D eigenvalue weighted by molar-refractivity contribution is -0.129. The Balaban J connectivity index is 2.19. The van der Waals surface area contributed by atoms with Crippen LogP contribution < -0.4 is 10.5 Å². The topological polar surface area (TPSA) is 89.3 Å². The van der Waals surface area contributed by atoms with Gasteiger partial charge in [-0.2, -0.15) is 0 Å². The van der Waals surface area contributed by atoms with Gasteiger partial charge in [-0.25, -0.2) is 13.1 Å². The lowest BCUT2D eigenvalue weighted by Crippen LogP contribution is -2.47. The first kappa shape index (κ1) is 16.0. The molecule has 1 aliphatic carbocycles. The molecule has 1 saturated carbocycles. The molecule has 1 fully saturated rings. The Labute approximate surface area is 126 Å². The van der Waals surface area contributed by atoms with Gasteiger partial charge in [0, 0.05) is 6.54 Å². The predicted octanol–water partition coefficient (Wildman–Crippen LogP) is 1.79. The normalized spacial score (nSPS) is 18.7. The average molecular weight is 310 g/mol. The quantitative estimate of drug-likeness (QED) is 0.830. The minimum absolute atomic E-state index is 0.0964. The van der Waals surface area contributed by atoms with E-state index in [-0.39, 0.29) is 11.4 Å². The minimum atomic E-state index is -3.82. The van der Waals surface area contributed by atoms with Crippen molar-refractivity contribution in [3.05, 3.63) is 30.3 Å². The molecule has 3 N–H and O–H groups in total. The number of carbonyl (C=O) groups excluding carboxylic acids is 1. The SMILES string of the molecule is NCC1(C(=O)NS(=O)(=O)c2ccccc2)CCCCCC1. The molecule has 0 atom stereocenters. The average Bonchev–Trinajstić information content (AvgIpc) is 2.74. The maximum atomic E-state index is 12.5. The van der Waals surface area contributed by atoms with E-state index in [1.54, 1.807) is 18.2 Å². The van der Waals surface area contributed by atoms with E-state index in [0.29, 0.717) is 12.8 Å².